The van der Waals surface area contributed by atoms with Crippen LogP contribution in [0.2, 0.25) is 0 Å². The number of aliphatic hydroxyl groups excluding tert-OH is 1. The predicted molar refractivity (Wildman–Crippen MR) is 261 cm³/mol. The summed E-state index contributed by atoms with van der Waals surface area (Å²) in [5.41, 5.74) is 10.4. The van der Waals surface area contributed by atoms with E-state index in [1.165, 1.54) is 18.7 Å². The maximum absolute atomic E-state index is 13.7. The zero-order chi connectivity index (χ0) is 56.7. The van der Waals surface area contributed by atoms with Gasteiger partial charge in [0.15, 0.2) is 5.96 Å². The molecule has 11 amide bonds. The molecule has 2 heterocycles. The fourth-order valence-corrected chi connectivity index (χ4v) is 7.78. The van der Waals surface area contributed by atoms with E-state index in [-0.39, 0.29) is 50.7 Å². The topological polar surface area (TPSA) is 494 Å². The lowest BCUT2D eigenvalue weighted by Crippen LogP contribution is -2.59. The van der Waals surface area contributed by atoms with Gasteiger partial charge in [-0.2, -0.15) is 0 Å². The van der Waals surface area contributed by atoms with Crippen molar-refractivity contribution in [2.45, 2.75) is 153 Å². The number of carbonyl (C=O) groups excluding carboxylic acids is 11. The van der Waals surface area contributed by atoms with Gasteiger partial charge in [0.25, 0.3) is 0 Å². The van der Waals surface area contributed by atoms with Gasteiger partial charge in [0.2, 0.25) is 65.0 Å². The summed E-state index contributed by atoms with van der Waals surface area (Å²) in [6, 6.07) is -11.9. The Morgan fingerprint density at radius 2 is 1.23 bits per heavy atom. The molecular formula is C44H73N15O16. The molecule has 10 atom stereocenters. The summed E-state index contributed by atoms with van der Waals surface area (Å²) >= 11 is 0. The lowest BCUT2D eigenvalue weighted by molar-refractivity contribution is -0.143. The molecule has 31 nitrogen and oxygen atoms in total. The normalized spacial score (nSPS) is 18.1. The first-order chi connectivity index (χ1) is 35.1. The molecule has 0 aromatic heterocycles. The SMILES string of the molecule is CC(C)CC(NC(=O)C1CCCN1C(=O)C(C)NC(=O)C(CC(=O)O)NC(=O)C1CCCN1)C(=O)NCC(=O)NC(C(=O)NCC(=O)NC(C)C(=O)NC(CC(N)=O)C(=O)NC(CCCNC(=N)N)C(=O)O)C(C)O. The van der Waals surface area contributed by atoms with Crippen LogP contribution in [0.25, 0.3) is 0 Å². The number of carboxylic acid groups (broad SMARTS) is 2. The van der Waals surface area contributed by atoms with Crippen molar-refractivity contribution in [3.05, 3.63) is 0 Å². The highest BCUT2D eigenvalue weighted by Gasteiger charge is 2.39. The second-order valence-electron chi connectivity index (χ2n) is 18.5. The van der Waals surface area contributed by atoms with Gasteiger partial charge in [-0.25, -0.2) is 4.79 Å². The number of nitrogens with two attached hydrogens (primary N) is 2. The number of hydrogen-bond donors (Lipinski definition) is 17. The van der Waals surface area contributed by atoms with Crippen LogP contribution >= 0.6 is 0 Å². The lowest BCUT2D eigenvalue weighted by atomic mass is 10.0. The average molecular weight is 1070 g/mol. The highest BCUT2D eigenvalue weighted by Crippen LogP contribution is 2.20. The molecule has 31 heteroatoms. The number of carbonyl (C=O) groups is 13. The lowest BCUT2D eigenvalue weighted by Gasteiger charge is -2.29. The summed E-state index contributed by atoms with van der Waals surface area (Å²) in [6.07, 6.45) is -1.20. The van der Waals surface area contributed by atoms with Crippen molar-refractivity contribution in [2.24, 2.45) is 17.4 Å². The summed E-state index contributed by atoms with van der Waals surface area (Å²) in [5.74, 6) is -13.2. The second-order valence-corrected chi connectivity index (χ2v) is 18.5. The number of amides is 11. The van der Waals surface area contributed by atoms with Crippen molar-refractivity contribution < 1.29 is 77.6 Å². The molecule has 0 bridgehead atoms. The fourth-order valence-electron chi connectivity index (χ4n) is 7.78. The van der Waals surface area contributed by atoms with E-state index in [9.17, 15) is 77.6 Å². The average Bonchev–Trinajstić information content (AvgIpc) is 4.05. The van der Waals surface area contributed by atoms with Crippen LogP contribution in [-0.2, 0) is 62.3 Å². The van der Waals surface area contributed by atoms with Gasteiger partial charge >= 0.3 is 11.9 Å². The number of likely N-dealkylation sites (tertiary alicyclic amines) is 1. The Morgan fingerprint density at radius 1 is 0.640 bits per heavy atom. The summed E-state index contributed by atoms with van der Waals surface area (Å²) in [5, 5.41) is 62.7. The van der Waals surface area contributed by atoms with Gasteiger partial charge in [-0.15, -0.1) is 0 Å². The Bertz CT molecular complexity index is 2120. The molecule has 0 saturated carbocycles. The van der Waals surface area contributed by atoms with Gasteiger partial charge in [-0.05, 0) is 78.2 Å². The molecule has 75 heavy (non-hydrogen) atoms. The molecule has 2 fully saturated rings. The van der Waals surface area contributed by atoms with E-state index in [4.69, 9.17) is 16.9 Å². The third-order valence-corrected chi connectivity index (χ3v) is 11.6. The van der Waals surface area contributed by atoms with Crippen LogP contribution in [0.1, 0.15) is 92.4 Å². The van der Waals surface area contributed by atoms with E-state index < -0.39 is 163 Å². The van der Waals surface area contributed by atoms with Crippen LogP contribution in [-0.4, -0.2) is 196 Å². The Hall–Kier alpha value is -7.70. The van der Waals surface area contributed by atoms with E-state index in [0.717, 1.165) is 6.92 Å². The molecule has 2 rings (SSSR count). The molecule has 2 saturated heterocycles. The van der Waals surface area contributed by atoms with Gasteiger partial charge in [0.05, 0.1) is 38.1 Å². The van der Waals surface area contributed by atoms with E-state index in [2.05, 4.69) is 58.5 Å². The number of primary amides is 1. The predicted octanol–water partition coefficient (Wildman–Crippen LogP) is -7.48. The number of guanidine groups is 1. The zero-order valence-corrected chi connectivity index (χ0v) is 42.5. The van der Waals surface area contributed by atoms with Crippen molar-refractivity contribution in [2.75, 3.05) is 32.7 Å². The Kier molecular flexibility index (Phi) is 26.3. The first kappa shape index (κ1) is 63.4. The second kappa shape index (κ2) is 31.1. The third kappa shape index (κ3) is 22.5. The number of hydrogen-bond acceptors (Lipinski definition) is 16. The highest BCUT2D eigenvalue weighted by atomic mass is 16.4. The molecule has 10 unspecified atom stereocenters. The Morgan fingerprint density at radius 3 is 1.79 bits per heavy atom. The molecule has 0 spiro atoms. The quantitative estimate of drug-likeness (QED) is 0.0174. The minimum absolute atomic E-state index is 0.0694. The van der Waals surface area contributed by atoms with Crippen molar-refractivity contribution in [3.8, 4) is 0 Å². The van der Waals surface area contributed by atoms with E-state index in [0.29, 0.717) is 25.8 Å². The molecule has 0 aliphatic carbocycles. The maximum Gasteiger partial charge on any atom is 0.326 e. The number of carboxylic acids is 2. The molecule has 420 valence electrons. The van der Waals surface area contributed by atoms with Crippen LogP contribution in [0.3, 0.4) is 0 Å². The molecule has 0 aromatic rings. The molecule has 0 radical (unpaired) electrons. The van der Waals surface area contributed by atoms with Gasteiger partial charge in [0, 0.05) is 13.1 Å². The van der Waals surface area contributed by atoms with E-state index >= 15 is 0 Å². The first-order valence-electron chi connectivity index (χ1n) is 24.3. The highest BCUT2D eigenvalue weighted by molar-refractivity contribution is 5.99. The van der Waals surface area contributed by atoms with Crippen LogP contribution in [0.5, 0.6) is 0 Å². The third-order valence-electron chi connectivity index (χ3n) is 11.6. The number of nitrogens with zero attached hydrogens (tertiary/aromatic N) is 1. The van der Waals surface area contributed by atoms with Crippen LogP contribution < -0.4 is 70.0 Å². The van der Waals surface area contributed by atoms with Gasteiger partial charge in [-0.1, -0.05) is 13.8 Å². The molecule has 2 aliphatic rings. The standard InChI is InChI=1S/C44H73N15O16/c1-20(2)15-26(57-40(71)29-11-8-14-59(29)42(73)22(4)53-38(69)28(17-33(64)65)56-37(68)24-9-6-12-48-24)36(67)50-19-32(63)58-34(23(5)60)41(72)51-18-31(62)52-21(3)35(66)55-27(16-30(45)61)39(70)54-25(43(74)75)10-7-13-49-44(46)47/h20-29,34,48,60H,6-19H2,1-5H3,(H2,45,61)(H,50,67)(H,51,72)(H,52,62)(H,53,69)(H,54,70)(H,55,66)(H,56,68)(H,57,71)(H,58,63)(H,64,65)(H,74,75)(H4,46,47,49). The molecular weight excluding hydrogens is 995 g/mol. The van der Waals surface area contributed by atoms with Gasteiger partial charge in [-0.3, -0.25) is 62.9 Å². The Labute approximate surface area is 431 Å². The summed E-state index contributed by atoms with van der Waals surface area (Å²) in [6.45, 7) is 6.39. The van der Waals surface area contributed by atoms with Crippen molar-refractivity contribution in [1.29, 1.82) is 5.41 Å². The van der Waals surface area contributed by atoms with E-state index in [1.54, 1.807) is 13.8 Å². The van der Waals surface area contributed by atoms with Crippen molar-refractivity contribution in [3.63, 3.8) is 0 Å². The summed E-state index contributed by atoms with van der Waals surface area (Å²) < 4.78 is 0. The molecule has 2 aliphatic heterocycles. The van der Waals surface area contributed by atoms with E-state index in [1.807, 2.05) is 0 Å². The zero-order valence-electron chi connectivity index (χ0n) is 42.5. The van der Waals surface area contributed by atoms with Gasteiger partial charge in [0.1, 0.15) is 48.3 Å². The smallest absolute Gasteiger partial charge is 0.326 e. The first-order valence-corrected chi connectivity index (χ1v) is 24.3. The fraction of sp³-hybridized carbons (Fsp3) is 0.682. The largest absolute Gasteiger partial charge is 0.481 e. The van der Waals surface area contributed by atoms with Crippen LogP contribution in [0, 0.1) is 11.3 Å². The minimum Gasteiger partial charge on any atom is -0.481 e. The number of aliphatic carboxylic acids is 2. The number of nitrogens with one attached hydrogen (secondary N) is 12. The monoisotopic (exact) mass is 1070 g/mol. The summed E-state index contributed by atoms with van der Waals surface area (Å²) in [4.78, 5) is 167. The number of aliphatic hydroxyl groups is 1. The van der Waals surface area contributed by atoms with Crippen molar-refractivity contribution in [1.82, 2.24) is 63.4 Å². The van der Waals surface area contributed by atoms with Crippen LogP contribution in [0.15, 0.2) is 0 Å². The number of rotatable bonds is 31. The molecule has 19 N–H and O–H groups in total. The maximum atomic E-state index is 13.7. The van der Waals surface area contributed by atoms with Crippen LogP contribution in [0.4, 0.5) is 0 Å². The molecule has 0 aromatic carbocycles. The summed E-state index contributed by atoms with van der Waals surface area (Å²) in [7, 11) is 0. The Balaban J connectivity index is 1.97. The minimum atomic E-state index is -1.68. The van der Waals surface area contributed by atoms with Crippen molar-refractivity contribution >= 4 is 82.9 Å². The van der Waals surface area contributed by atoms with Gasteiger partial charge < -0.3 is 90.2 Å².